The third-order valence-corrected chi connectivity index (χ3v) is 5.80. The predicted molar refractivity (Wildman–Crippen MR) is 133 cm³/mol. The Bertz CT molecular complexity index is 1320. The van der Waals surface area contributed by atoms with E-state index >= 15 is 0 Å². The fraction of sp³-hybridized carbons (Fsp3) is 0.0800. The lowest BCUT2D eigenvalue weighted by atomic mass is 10.1. The summed E-state index contributed by atoms with van der Waals surface area (Å²) in [6.45, 7) is 1.85. The average Bonchev–Trinajstić information content (AvgIpc) is 3.04. The summed E-state index contributed by atoms with van der Waals surface area (Å²) < 4.78 is 5.11. The van der Waals surface area contributed by atoms with Crippen molar-refractivity contribution in [1.29, 1.82) is 0 Å². The zero-order chi connectivity index (χ0) is 24.4. The smallest absolute Gasteiger partial charge is 0.283 e. The maximum Gasteiger partial charge on any atom is 0.283 e. The SMILES string of the molecule is COc1ccc(N2C(=O)C(Cl)=C(Nc3ccc(C(=O)Nc4ccc(Cl)cc4C)cc3)C2=O)cc1. The molecule has 34 heavy (non-hydrogen) atoms. The first kappa shape index (κ1) is 23.4. The Hall–Kier alpha value is -3.81. The molecule has 0 bridgehead atoms. The van der Waals surface area contributed by atoms with E-state index in [2.05, 4.69) is 10.6 Å². The molecule has 0 saturated heterocycles. The first-order chi connectivity index (χ1) is 16.3. The van der Waals surface area contributed by atoms with Gasteiger partial charge in [-0.2, -0.15) is 0 Å². The van der Waals surface area contributed by atoms with E-state index in [9.17, 15) is 14.4 Å². The number of carbonyl (C=O) groups excluding carboxylic acids is 3. The highest BCUT2D eigenvalue weighted by Crippen LogP contribution is 2.31. The van der Waals surface area contributed by atoms with Crippen LogP contribution < -0.4 is 20.3 Å². The van der Waals surface area contributed by atoms with E-state index in [-0.39, 0.29) is 16.6 Å². The minimum Gasteiger partial charge on any atom is -0.497 e. The molecule has 3 amide bonds. The summed E-state index contributed by atoms with van der Waals surface area (Å²) in [6, 6.07) is 18.1. The first-order valence-electron chi connectivity index (χ1n) is 10.2. The van der Waals surface area contributed by atoms with Gasteiger partial charge in [-0.15, -0.1) is 0 Å². The van der Waals surface area contributed by atoms with Crippen LogP contribution in [-0.2, 0) is 9.59 Å². The number of ether oxygens (including phenoxy) is 1. The maximum absolute atomic E-state index is 12.9. The van der Waals surface area contributed by atoms with Gasteiger partial charge < -0.3 is 15.4 Å². The molecule has 9 heteroatoms. The van der Waals surface area contributed by atoms with Crippen LogP contribution in [0, 0.1) is 6.92 Å². The van der Waals surface area contributed by atoms with Gasteiger partial charge in [-0.3, -0.25) is 14.4 Å². The number of hydrogen-bond donors (Lipinski definition) is 2. The molecule has 4 rings (SSSR count). The van der Waals surface area contributed by atoms with Crippen LogP contribution >= 0.6 is 23.2 Å². The number of aryl methyl sites for hydroxylation is 1. The zero-order valence-corrected chi connectivity index (χ0v) is 19.7. The van der Waals surface area contributed by atoms with Gasteiger partial charge in [0, 0.05) is 22.0 Å². The van der Waals surface area contributed by atoms with Crippen LogP contribution in [0.25, 0.3) is 0 Å². The monoisotopic (exact) mass is 495 g/mol. The van der Waals surface area contributed by atoms with Crippen molar-refractivity contribution < 1.29 is 19.1 Å². The summed E-state index contributed by atoms with van der Waals surface area (Å²) in [6.07, 6.45) is 0. The molecule has 0 radical (unpaired) electrons. The number of hydrogen-bond acceptors (Lipinski definition) is 5. The third-order valence-electron chi connectivity index (χ3n) is 5.21. The summed E-state index contributed by atoms with van der Waals surface area (Å²) in [4.78, 5) is 39.1. The molecular formula is C25H19Cl2N3O4. The number of nitrogens with one attached hydrogen (secondary N) is 2. The summed E-state index contributed by atoms with van der Waals surface area (Å²) in [5, 5.41) is 6.09. The quantitative estimate of drug-likeness (QED) is 0.450. The summed E-state index contributed by atoms with van der Waals surface area (Å²) in [5.41, 5.74) is 2.72. The minimum atomic E-state index is -0.631. The number of methoxy groups -OCH3 is 1. The van der Waals surface area contributed by atoms with E-state index < -0.39 is 11.8 Å². The first-order valence-corrected chi connectivity index (χ1v) is 10.9. The number of anilines is 3. The molecule has 1 heterocycles. The summed E-state index contributed by atoms with van der Waals surface area (Å²) >= 11 is 12.1. The van der Waals surface area contributed by atoms with Crippen LogP contribution in [0.3, 0.4) is 0 Å². The molecule has 2 N–H and O–H groups in total. The van der Waals surface area contributed by atoms with Crippen molar-refractivity contribution in [1.82, 2.24) is 0 Å². The van der Waals surface area contributed by atoms with E-state index in [1.165, 1.54) is 7.11 Å². The predicted octanol–water partition coefficient (Wildman–Crippen LogP) is 5.35. The van der Waals surface area contributed by atoms with Crippen molar-refractivity contribution in [2.24, 2.45) is 0 Å². The van der Waals surface area contributed by atoms with E-state index in [4.69, 9.17) is 27.9 Å². The Labute approximate surface area is 205 Å². The van der Waals surface area contributed by atoms with Gasteiger partial charge in [-0.05, 0) is 79.2 Å². The lowest BCUT2D eigenvalue weighted by Gasteiger charge is -2.15. The Morgan fingerprint density at radius 1 is 0.912 bits per heavy atom. The van der Waals surface area contributed by atoms with Gasteiger partial charge in [0.25, 0.3) is 17.7 Å². The Kier molecular flexibility index (Phi) is 6.58. The Morgan fingerprint density at radius 3 is 2.21 bits per heavy atom. The fourth-order valence-electron chi connectivity index (χ4n) is 3.39. The van der Waals surface area contributed by atoms with Crippen LogP contribution in [0.1, 0.15) is 15.9 Å². The number of amides is 3. The standard InChI is InChI=1S/C25H19Cl2N3O4/c1-14-13-16(26)5-12-20(14)29-23(31)15-3-6-17(7-4-15)28-22-21(27)24(32)30(25(22)33)18-8-10-19(34-2)11-9-18/h3-13,28H,1-2H3,(H,29,31). The van der Waals surface area contributed by atoms with Crippen LogP contribution in [0.15, 0.2) is 77.5 Å². The molecule has 0 atom stereocenters. The van der Waals surface area contributed by atoms with Crippen molar-refractivity contribution in [3.63, 3.8) is 0 Å². The zero-order valence-electron chi connectivity index (χ0n) is 18.2. The van der Waals surface area contributed by atoms with E-state index in [1.54, 1.807) is 66.7 Å². The molecule has 0 unspecified atom stereocenters. The highest BCUT2D eigenvalue weighted by molar-refractivity contribution is 6.53. The van der Waals surface area contributed by atoms with E-state index in [0.717, 1.165) is 10.5 Å². The lowest BCUT2D eigenvalue weighted by molar-refractivity contribution is -0.120. The largest absolute Gasteiger partial charge is 0.497 e. The van der Waals surface area contributed by atoms with Crippen molar-refractivity contribution in [3.05, 3.63) is 93.6 Å². The second-order valence-electron chi connectivity index (χ2n) is 7.45. The van der Waals surface area contributed by atoms with Gasteiger partial charge in [0.15, 0.2) is 0 Å². The molecule has 3 aromatic carbocycles. The molecule has 7 nitrogen and oxygen atoms in total. The minimum absolute atomic E-state index is 0.0449. The maximum atomic E-state index is 12.9. The molecule has 0 aliphatic carbocycles. The van der Waals surface area contributed by atoms with Gasteiger partial charge in [0.2, 0.25) is 0 Å². The number of benzene rings is 3. The Balaban J connectivity index is 1.47. The highest BCUT2D eigenvalue weighted by Gasteiger charge is 2.39. The van der Waals surface area contributed by atoms with E-state index in [1.807, 2.05) is 6.92 Å². The lowest BCUT2D eigenvalue weighted by Crippen LogP contribution is -2.32. The number of halogens is 2. The van der Waals surface area contributed by atoms with Crippen molar-refractivity contribution >= 4 is 58.0 Å². The average molecular weight is 496 g/mol. The number of carbonyl (C=O) groups is 3. The highest BCUT2D eigenvalue weighted by atomic mass is 35.5. The van der Waals surface area contributed by atoms with Crippen molar-refractivity contribution in [3.8, 4) is 5.75 Å². The molecule has 0 spiro atoms. The topological polar surface area (TPSA) is 87.7 Å². The molecule has 0 aromatic heterocycles. The molecule has 172 valence electrons. The normalized spacial score (nSPS) is 13.4. The van der Waals surface area contributed by atoms with Crippen LogP contribution in [0.5, 0.6) is 5.75 Å². The van der Waals surface area contributed by atoms with Gasteiger partial charge in [0.05, 0.1) is 12.8 Å². The third kappa shape index (κ3) is 4.62. The van der Waals surface area contributed by atoms with Crippen LogP contribution in [0.4, 0.5) is 17.1 Å². The number of rotatable bonds is 6. The van der Waals surface area contributed by atoms with Gasteiger partial charge in [0.1, 0.15) is 16.5 Å². The molecule has 1 aliphatic heterocycles. The summed E-state index contributed by atoms with van der Waals surface area (Å²) in [5.74, 6) is -0.920. The van der Waals surface area contributed by atoms with E-state index in [0.29, 0.717) is 33.4 Å². The Morgan fingerprint density at radius 2 is 1.59 bits per heavy atom. The number of nitrogens with zero attached hydrogens (tertiary/aromatic N) is 1. The van der Waals surface area contributed by atoms with Crippen LogP contribution in [0.2, 0.25) is 5.02 Å². The molecule has 0 saturated carbocycles. The molecular weight excluding hydrogens is 477 g/mol. The second-order valence-corrected chi connectivity index (χ2v) is 8.26. The molecule has 3 aromatic rings. The van der Waals surface area contributed by atoms with Crippen molar-refractivity contribution in [2.45, 2.75) is 6.92 Å². The number of imide groups is 1. The molecule has 0 fully saturated rings. The molecule has 1 aliphatic rings. The van der Waals surface area contributed by atoms with Crippen molar-refractivity contribution in [2.75, 3.05) is 22.6 Å². The van der Waals surface area contributed by atoms with Gasteiger partial charge in [-0.25, -0.2) is 4.90 Å². The van der Waals surface area contributed by atoms with Gasteiger partial charge >= 0.3 is 0 Å². The second kappa shape index (κ2) is 9.59. The summed E-state index contributed by atoms with van der Waals surface area (Å²) in [7, 11) is 1.52. The van der Waals surface area contributed by atoms with Crippen LogP contribution in [-0.4, -0.2) is 24.8 Å². The fourth-order valence-corrected chi connectivity index (χ4v) is 3.83. The van der Waals surface area contributed by atoms with Gasteiger partial charge in [-0.1, -0.05) is 23.2 Å².